The van der Waals surface area contributed by atoms with Crippen LogP contribution in [0.15, 0.2) is 54.6 Å². The minimum Gasteiger partial charge on any atom is -0.177 e. The van der Waals surface area contributed by atoms with E-state index in [2.05, 4.69) is 61.6 Å². The van der Waals surface area contributed by atoms with Crippen molar-refractivity contribution >= 4 is 11.2 Å². The molecular formula is C16H21OS+. The minimum atomic E-state index is -0.00446. The molecule has 1 aliphatic carbocycles. The molecule has 1 aromatic carbocycles. The first kappa shape index (κ1) is 13.4. The van der Waals surface area contributed by atoms with Crippen LogP contribution in [0.2, 0.25) is 0 Å². The van der Waals surface area contributed by atoms with Crippen LogP contribution in [-0.4, -0.2) is 12.9 Å². The average molecular weight is 261 g/mol. The van der Waals surface area contributed by atoms with Gasteiger partial charge in [0.15, 0.2) is 22.7 Å². The number of hydrogen-bond acceptors (Lipinski definition) is 1. The third-order valence-corrected chi connectivity index (χ3v) is 5.34. The summed E-state index contributed by atoms with van der Waals surface area (Å²) in [5.41, 5.74) is 1.62. The van der Waals surface area contributed by atoms with Crippen LogP contribution in [0.3, 0.4) is 0 Å². The molecule has 0 amide bonds. The fourth-order valence-corrected chi connectivity index (χ4v) is 4.03. The van der Waals surface area contributed by atoms with Crippen LogP contribution in [-0.2, 0) is 21.1 Å². The lowest BCUT2D eigenvalue weighted by atomic mass is 9.86. The Balaban J connectivity index is 1.97. The molecule has 2 rings (SSSR count). The van der Waals surface area contributed by atoms with Crippen molar-refractivity contribution in [3.8, 4) is 0 Å². The number of rotatable bonds is 5. The first-order chi connectivity index (χ1) is 8.72. The van der Waals surface area contributed by atoms with Crippen molar-refractivity contribution < 1.29 is 4.18 Å². The maximum Gasteiger partial charge on any atom is 0.166 e. The second-order valence-corrected chi connectivity index (χ2v) is 6.82. The Bertz CT molecular complexity index is 424. The normalized spacial score (nSPS) is 24.1. The van der Waals surface area contributed by atoms with Gasteiger partial charge in [-0.05, 0) is 6.42 Å². The highest BCUT2D eigenvalue weighted by Gasteiger charge is 2.33. The summed E-state index contributed by atoms with van der Waals surface area (Å²) in [6, 6.07) is 10.6. The van der Waals surface area contributed by atoms with Gasteiger partial charge in [-0.25, -0.2) is 0 Å². The van der Waals surface area contributed by atoms with Crippen LogP contribution < -0.4 is 0 Å². The van der Waals surface area contributed by atoms with Crippen LogP contribution in [0.25, 0.3) is 0 Å². The maximum atomic E-state index is 5.69. The van der Waals surface area contributed by atoms with E-state index in [-0.39, 0.29) is 16.6 Å². The lowest BCUT2D eigenvalue weighted by Crippen LogP contribution is -2.27. The molecule has 18 heavy (non-hydrogen) atoms. The molecule has 2 heteroatoms. The summed E-state index contributed by atoms with van der Waals surface area (Å²) in [5.74, 6) is 2.11. The molecule has 1 aromatic rings. The second-order valence-electron chi connectivity index (χ2n) is 5.03. The highest BCUT2D eigenvalue weighted by atomic mass is 32.2. The molecule has 0 aliphatic heterocycles. The van der Waals surface area contributed by atoms with E-state index in [0.717, 1.165) is 17.9 Å². The van der Waals surface area contributed by atoms with Crippen LogP contribution >= 0.6 is 0 Å². The van der Waals surface area contributed by atoms with Gasteiger partial charge in [-0.1, -0.05) is 61.6 Å². The molecule has 1 aliphatic rings. The van der Waals surface area contributed by atoms with Gasteiger partial charge >= 0.3 is 0 Å². The zero-order valence-electron chi connectivity index (χ0n) is 11.1. The van der Waals surface area contributed by atoms with Crippen molar-refractivity contribution in [2.75, 3.05) is 12.9 Å². The summed E-state index contributed by atoms with van der Waals surface area (Å²) >= 11 is -0.00446. The molecule has 0 saturated carbocycles. The Morgan fingerprint density at radius 2 is 2.00 bits per heavy atom. The molecular weight excluding hydrogens is 240 g/mol. The highest BCUT2D eigenvalue weighted by molar-refractivity contribution is 7.91. The summed E-state index contributed by atoms with van der Waals surface area (Å²) in [7, 11) is 1.83. The highest BCUT2D eigenvalue weighted by Crippen LogP contribution is 2.30. The van der Waals surface area contributed by atoms with Crippen molar-refractivity contribution in [2.45, 2.75) is 19.1 Å². The Morgan fingerprint density at radius 3 is 2.61 bits per heavy atom. The average Bonchev–Trinajstić information content (AvgIpc) is 2.40. The standard InChI is InChI=1S/C16H21OS/c1-16(11-7-4-8-12-16)14-18(17-2)13-15-9-5-3-6-10-15/h3-11H,12-14H2,1-2H3/q+1. The van der Waals surface area contributed by atoms with Gasteiger partial charge < -0.3 is 0 Å². The third-order valence-electron chi connectivity index (χ3n) is 3.23. The van der Waals surface area contributed by atoms with Gasteiger partial charge in [0.25, 0.3) is 0 Å². The van der Waals surface area contributed by atoms with E-state index in [9.17, 15) is 0 Å². The SMILES string of the molecule is CO[S+](Cc1ccccc1)CC1(C)C=CC=CC1. The maximum absolute atomic E-state index is 5.69. The zero-order valence-corrected chi connectivity index (χ0v) is 12.0. The summed E-state index contributed by atoms with van der Waals surface area (Å²) in [6.07, 6.45) is 9.97. The molecule has 0 radical (unpaired) electrons. The Kier molecular flexibility index (Phi) is 4.67. The van der Waals surface area contributed by atoms with Crippen LogP contribution in [0.1, 0.15) is 18.9 Å². The fourth-order valence-electron chi connectivity index (χ4n) is 2.18. The van der Waals surface area contributed by atoms with Gasteiger partial charge in [0.2, 0.25) is 0 Å². The molecule has 0 N–H and O–H groups in total. The summed E-state index contributed by atoms with van der Waals surface area (Å²) in [5, 5.41) is 0. The molecule has 96 valence electrons. The molecule has 0 fully saturated rings. The second kappa shape index (κ2) is 6.26. The molecule has 0 aromatic heterocycles. The largest absolute Gasteiger partial charge is 0.177 e. The van der Waals surface area contributed by atoms with Crippen LogP contribution in [0.4, 0.5) is 0 Å². The van der Waals surface area contributed by atoms with E-state index in [1.54, 1.807) is 0 Å². The van der Waals surface area contributed by atoms with Crippen molar-refractivity contribution in [1.29, 1.82) is 0 Å². The Morgan fingerprint density at radius 1 is 1.22 bits per heavy atom. The third kappa shape index (κ3) is 3.76. The monoisotopic (exact) mass is 261 g/mol. The van der Waals surface area contributed by atoms with Crippen LogP contribution in [0, 0.1) is 5.41 Å². The van der Waals surface area contributed by atoms with Crippen molar-refractivity contribution in [1.82, 2.24) is 0 Å². The molecule has 0 bridgehead atoms. The molecule has 2 unspecified atom stereocenters. The van der Waals surface area contributed by atoms with E-state index in [1.165, 1.54) is 5.56 Å². The van der Waals surface area contributed by atoms with Gasteiger partial charge in [-0.3, -0.25) is 0 Å². The number of hydrogen-bond donors (Lipinski definition) is 0. The Hall–Kier alpha value is -0.990. The molecule has 1 nitrogen and oxygen atoms in total. The Labute approximate surface area is 113 Å². The van der Waals surface area contributed by atoms with Gasteiger partial charge in [-0.15, -0.1) is 0 Å². The van der Waals surface area contributed by atoms with Crippen molar-refractivity contribution in [3.63, 3.8) is 0 Å². The summed E-state index contributed by atoms with van der Waals surface area (Å²) < 4.78 is 5.69. The van der Waals surface area contributed by atoms with E-state index in [1.807, 2.05) is 7.11 Å². The van der Waals surface area contributed by atoms with Gasteiger partial charge in [0, 0.05) is 11.0 Å². The lowest BCUT2D eigenvalue weighted by Gasteiger charge is -2.24. The summed E-state index contributed by atoms with van der Waals surface area (Å²) in [4.78, 5) is 0. The van der Waals surface area contributed by atoms with Gasteiger partial charge in [0.1, 0.15) is 0 Å². The van der Waals surface area contributed by atoms with E-state index in [4.69, 9.17) is 4.18 Å². The molecule has 0 heterocycles. The van der Waals surface area contributed by atoms with Crippen molar-refractivity contribution in [2.24, 2.45) is 5.41 Å². The first-order valence-electron chi connectivity index (χ1n) is 6.32. The predicted octanol–water partition coefficient (Wildman–Crippen LogP) is 3.89. The topological polar surface area (TPSA) is 9.23 Å². The first-order valence-corrected chi connectivity index (χ1v) is 7.81. The predicted molar refractivity (Wildman–Crippen MR) is 80.4 cm³/mol. The zero-order chi connectivity index (χ0) is 12.8. The lowest BCUT2D eigenvalue weighted by molar-refractivity contribution is 0.438. The molecule has 0 spiro atoms. The smallest absolute Gasteiger partial charge is 0.166 e. The fraction of sp³-hybridized carbons (Fsp3) is 0.375. The van der Waals surface area contributed by atoms with Crippen molar-refractivity contribution in [3.05, 3.63) is 60.2 Å². The van der Waals surface area contributed by atoms with E-state index >= 15 is 0 Å². The molecule has 2 atom stereocenters. The molecule has 0 saturated heterocycles. The minimum absolute atomic E-state index is 0.00446. The van der Waals surface area contributed by atoms with Gasteiger partial charge in [-0.2, -0.15) is 4.18 Å². The summed E-state index contributed by atoms with van der Waals surface area (Å²) in [6.45, 7) is 2.32. The van der Waals surface area contributed by atoms with E-state index < -0.39 is 0 Å². The van der Waals surface area contributed by atoms with E-state index in [0.29, 0.717) is 0 Å². The van der Waals surface area contributed by atoms with Gasteiger partial charge in [0.05, 0.1) is 7.11 Å². The van der Waals surface area contributed by atoms with Crippen LogP contribution in [0.5, 0.6) is 0 Å². The quantitative estimate of drug-likeness (QED) is 0.731. The number of allylic oxidation sites excluding steroid dienone is 4. The number of benzene rings is 1.